The average molecular weight is 381 g/mol. The van der Waals surface area contributed by atoms with Crippen molar-refractivity contribution in [2.75, 3.05) is 38.2 Å². The van der Waals surface area contributed by atoms with Crippen LogP contribution in [0.1, 0.15) is 19.3 Å². The van der Waals surface area contributed by atoms with Crippen LogP contribution < -0.4 is 15.0 Å². The molecular formula is C18H21F2N3O4. The maximum absolute atomic E-state index is 13.7. The van der Waals surface area contributed by atoms with Crippen LogP contribution in [0.4, 0.5) is 14.5 Å². The molecule has 1 aromatic carbocycles. The van der Waals surface area contributed by atoms with Gasteiger partial charge in [-0.05, 0) is 6.42 Å². The molecule has 9 heteroatoms. The van der Waals surface area contributed by atoms with E-state index in [0.29, 0.717) is 38.3 Å². The van der Waals surface area contributed by atoms with Crippen molar-refractivity contribution >= 4 is 23.3 Å². The minimum absolute atomic E-state index is 0.0912. The molecule has 0 unspecified atom stereocenters. The van der Waals surface area contributed by atoms with Crippen molar-refractivity contribution in [1.29, 1.82) is 0 Å². The van der Waals surface area contributed by atoms with Gasteiger partial charge in [0.25, 0.3) is 0 Å². The second-order valence-electron chi connectivity index (χ2n) is 6.61. The molecule has 2 aliphatic rings. The van der Waals surface area contributed by atoms with Gasteiger partial charge in [0.05, 0.1) is 19.6 Å². The molecule has 2 aliphatic heterocycles. The number of ketones is 1. The lowest BCUT2D eigenvalue weighted by Crippen LogP contribution is -2.49. The summed E-state index contributed by atoms with van der Waals surface area (Å²) in [4.78, 5) is 38.6. The number of hydrogen-bond acceptors (Lipinski definition) is 5. The number of methoxy groups -OCH3 is 1. The molecule has 1 aromatic rings. The van der Waals surface area contributed by atoms with Gasteiger partial charge in [-0.1, -0.05) is 0 Å². The molecule has 3 rings (SSSR count). The molecular weight excluding hydrogens is 360 g/mol. The molecule has 2 saturated heterocycles. The molecule has 2 heterocycles. The number of rotatable bonds is 5. The van der Waals surface area contributed by atoms with Gasteiger partial charge in [0.1, 0.15) is 0 Å². The van der Waals surface area contributed by atoms with E-state index < -0.39 is 17.7 Å². The van der Waals surface area contributed by atoms with E-state index in [1.165, 1.54) is 13.2 Å². The number of amides is 2. The third-order valence-electron chi connectivity index (χ3n) is 4.90. The van der Waals surface area contributed by atoms with Crippen molar-refractivity contribution in [3.63, 3.8) is 0 Å². The smallest absolute Gasteiger partial charge is 0.228 e. The number of anilines is 1. The lowest BCUT2D eigenvalue weighted by atomic mass is 10.1. The van der Waals surface area contributed by atoms with Crippen LogP contribution in [0.5, 0.6) is 5.75 Å². The van der Waals surface area contributed by atoms with Crippen molar-refractivity contribution < 1.29 is 27.9 Å². The summed E-state index contributed by atoms with van der Waals surface area (Å²) in [6.45, 7) is 1.81. The van der Waals surface area contributed by atoms with E-state index in [1.807, 2.05) is 4.90 Å². The first-order chi connectivity index (χ1) is 12.9. The van der Waals surface area contributed by atoms with Crippen LogP contribution in [0.3, 0.4) is 0 Å². The Kier molecular flexibility index (Phi) is 5.57. The zero-order valence-corrected chi connectivity index (χ0v) is 15.0. The Morgan fingerprint density at radius 1 is 1.22 bits per heavy atom. The maximum Gasteiger partial charge on any atom is 0.228 e. The lowest BCUT2D eigenvalue weighted by molar-refractivity contribution is -0.132. The summed E-state index contributed by atoms with van der Waals surface area (Å²) in [7, 11) is 1.27. The Bertz CT molecular complexity index is 763. The number of piperazine rings is 1. The highest BCUT2D eigenvalue weighted by atomic mass is 19.2. The highest BCUT2D eigenvalue weighted by Crippen LogP contribution is 2.28. The maximum atomic E-state index is 13.7. The molecule has 7 nitrogen and oxygen atoms in total. The first kappa shape index (κ1) is 19.1. The summed E-state index contributed by atoms with van der Waals surface area (Å²) >= 11 is 0. The van der Waals surface area contributed by atoms with E-state index in [-0.39, 0.29) is 36.2 Å². The van der Waals surface area contributed by atoms with Gasteiger partial charge in [-0.15, -0.1) is 0 Å². The summed E-state index contributed by atoms with van der Waals surface area (Å²) in [6.07, 6.45) is 0.356. The van der Waals surface area contributed by atoms with Crippen LogP contribution in [0.15, 0.2) is 12.1 Å². The number of nitrogens with one attached hydrogen (secondary N) is 1. The van der Waals surface area contributed by atoms with Crippen LogP contribution in [0.25, 0.3) is 0 Å². The lowest BCUT2D eigenvalue weighted by Gasteiger charge is -2.36. The summed E-state index contributed by atoms with van der Waals surface area (Å²) in [5, 5.41) is 2.57. The molecule has 0 radical (unpaired) electrons. The summed E-state index contributed by atoms with van der Waals surface area (Å²) < 4.78 is 32.1. The van der Waals surface area contributed by atoms with E-state index in [4.69, 9.17) is 4.74 Å². The molecule has 0 spiro atoms. The second kappa shape index (κ2) is 7.89. The predicted octanol–water partition coefficient (Wildman–Crippen LogP) is 0.860. The predicted molar refractivity (Wildman–Crippen MR) is 92.5 cm³/mol. The zero-order chi connectivity index (χ0) is 19.6. The van der Waals surface area contributed by atoms with E-state index >= 15 is 0 Å². The van der Waals surface area contributed by atoms with Crippen LogP contribution in [0, 0.1) is 11.6 Å². The number of carbonyl (C=O) groups excluding carboxylic acids is 3. The van der Waals surface area contributed by atoms with Gasteiger partial charge in [-0.2, -0.15) is 4.39 Å². The Labute approximate surface area is 155 Å². The first-order valence-electron chi connectivity index (χ1n) is 8.77. The van der Waals surface area contributed by atoms with E-state index in [9.17, 15) is 23.2 Å². The van der Waals surface area contributed by atoms with Crippen molar-refractivity contribution in [3.8, 4) is 5.75 Å². The SMILES string of the molecule is COc1cc(N2CCN(C(=O)CC[C@H]3NC(=O)CC3=O)CC2)cc(F)c1F. The molecule has 27 heavy (non-hydrogen) atoms. The number of Topliss-reactive ketones (excluding diaryl/α,β-unsaturated/α-hetero) is 1. The number of benzene rings is 1. The van der Waals surface area contributed by atoms with Gasteiger partial charge in [0.2, 0.25) is 17.6 Å². The van der Waals surface area contributed by atoms with Gasteiger partial charge in [0, 0.05) is 50.4 Å². The van der Waals surface area contributed by atoms with Crippen molar-refractivity contribution in [2.24, 2.45) is 0 Å². The topological polar surface area (TPSA) is 79.0 Å². The Morgan fingerprint density at radius 2 is 1.93 bits per heavy atom. The van der Waals surface area contributed by atoms with Gasteiger partial charge >= 0.3 is 0 Å². The van der Waals surface area contributed by atoms with Gasteiger partial charge in [-0.3, -0.25) is 14.4 Å². The molecule has 0 aliphatic carbocycles. The number of ether oxygens (including phenoxy) is 1. The Morgan fingerprint density at radius 3 is 2.52 bits per heavy atom. The average Bonchev–Trinajstić information content (AvgIpc) is 2.99. The highest BCUT2D eigenvalue weighted by molar-refractivity contribution is 6.07. The van der Waals surface area contributed by atoms with Crippen molar-refractivity contribution in [2.45, 2.75) is 25.3 Å². The number of nitrogens with zero attached hydrogens (tertiary/aromatic N) is 2. The van der Waals surface area contributed by atoms with Crippen LogP contribution in [-0.2, 0) is 14.4 Å². The minimum atomic E-state index is -1.02. The fourth-order valence-corrected chi connectivity index (χ4v) is 3.36. The van der Waals surface area contributed by atoms with Crippen molar-refractivity contribution in [1.82, 2.24) is 10.2 Å². The Balaban J connectivity index is 1.53. The van der Waals surface area contributed by atoms with Gasteiger partial charge in [0.15, 0.2) is 17.3 Å². The van der Waals surface area contributed by atoms with Gasteiger partial charge < -0.3 is 19.9 Å². The zero-order valence-electron chi connectivity index (χ0n) is 15.0. The summed E-state index contributed by atoms with van der Waals surface area (Å²) in [6, 6.07) is 1.98. The minimum Gasteiger partial charge on any atom is -0.493 e. The fourth-order valence-electron chi connectivity index (χ4n) is 3.36. The molecule has 2 amide bonds. The highest BCUT2D eigenvalue weighted by Gasteiger charge is 2.31. The first-order valence-corrected chi connectivity index (χ1v) is 8.77. The monoisotopic (exact) mass is 381 g/mol. The standard InChI is InChI=1S/C18H21F2N3O4/c1-27-15-9-11(8-12(19)18(15)20)22-4-6-23(7-5-22)17(26)3-2-13-14(24)10-16(25)21-13/h8-9,13H,2-7,10H2,1H3,(H,21,25)/t13-/m1/s1. The number of halogens is 2. The second-order valence-corrected chi connectivity index (χ2v) is 6.61. The number of hydrogen-bond donors (Lipinski definition) is 1. The van der Waals surface area contributed by atoms with E-state index in [0.717, 1.165) is 6.07 Å². The van der Waals surface area contributed by atoms with E-state index in [1.54, 1.807) is 4.90 Å². The summed E-state index contributed by atoms with van der Waals surface area (Å²) in [5.41, 5.74) is 0.497. The van der Waals surface area contributed by atoms with Crippen LogP contribution in [-0.4, -0.2) is 61.8 Å². The quantitative estimate of drug-likeness (QED) is 0.766. The fraction of sp³-hybridized carbons (Fsp3) is 0.500. The van der Waals surface area contributed by atoms with E-state index in [2.05, 4.69) is 5.32 Å². The summed E-state index contributed by atoms with van der Waals surface area (Å²) in [5.74, 6) is -2.73. The molecule has 2 fully saturated rings. The third kappa shape index (κ3) is 4.17. The van der Waals surface area contributed by atoms with Crippen molar-refractivity contribution in [3.05, 3.63) is 23.8 Å². The van der Waals surface area contributed by atoms with Crippen LogP contribution in [0.2, 0.25) is 0 Å². The third-order valence-corrected chi connectivity index (χ3v) is 4.90. The molecule has 0 bridgehead atoms. The largest absolute Gasteiger partial charge is 0.493 e. The molecule has 1 atom stereocenters. The number of carbonyl (C=O) groups is 3. The normalized spacial score (nSPS) is 20.0. The molecule has 146 valence electrons. The molecule has 0 saturated carbocycles. The molecule has 1 N–H and O–H groups in total. The van der Waals surface area contributed by atoms with Crippen LogP contribution >= 0.6 is 0 Å². The molecule has 0 aromatic heterocycles. The van der Waals surface area contributed by atoms with Gasteiger partial charge in [-0.25, -0.2) is 4.39 Å². The Hall–Kier alpha value is -2.71.